The van der Waals surface area contributed by atoms with Crippen LogP contribution in [-0.4, -0.2) is 43.7 Å². The highest BCUT2D eigenvalue weighted by atomic mass is 16.5. The summed E-state index contributed by atoms with van der Waals surface area (Å²) in [5.74, 6) is 1.61. The van der Waals surface area contributed by atoms with Gasteiger partial charge >= 0.3 is 0 Å². The monoisotopic (exact) mass is 382 g/mol. The van der Waals surface area contributed by atoms with Crippen LogP contribution in [0.4, 0.5) is 0 Å². The van der Waals surface area contributed by atoms with Crippen molar-refractivity contribution in [2.75, 3.05) is 32.8 Å². The molecule has 0 aliphatic carbocycles. The molecule has 1 aliphatic heterocycles. The van der Waals surface area contributed by atoms with Gasteiger partial charge in [-0.15, -0.1) is 0 Å². The van der Waals surface area contributed by atoms with E-state index in [9.17, 15) is 4.79 Å². The number of rotatable bonds is 9. The fourth-order valence-corrected chi connectivity index (χ4v) is 3.55. The number of benzene rings is 2. The first-order valence-electron chi connectivity index (χ1n) is 10.1. The number of hydrogen-bond acceptors (Lipinski definition) is 4. The minimum Gasteiger partial charge on any atom is -0.490 e. The SMILES string of the molecule is CCOc1ccc(CCNC(=O)CN2CCc3ccccc3C2)cc1OCC. The summed E-state index contributed by atoms with van der Waals surface area (Å²) in [6.07, 6.45) is 1.77. The Labute approximate surface area is 167 Å². The van der Waals surface area contributed by atoms with E-state index in [1.807, 2.05) is 32.0 Å². The Hall–Kier alpha value is -2.53. The Balaban J connectivity index is 1.46. The second-order valence-corrected chi connectivity index (χ2v) is 6.98. The second kappa shape index (κ2) is 10.1. The highest BCUT2D eigenvalue weighted by Gasteiger charge is 2.17. The third-order valence-electron chi connectivity index (χ3n) is 4.92. The van der Waals surface area contributed by atoms with Crippen molar-refractivity contribution in [2.24, 2.45) is 0 Å². The quantitative estimate of drug-likeness (QED) is 0.724. The van der Waals surface area contributed by atoms with Crippen LogP contribution in [0.1, 0.15) is 30.5 Å². The van der Waals surface area contributed by atoms with E-state index in [2.05, 4.69) is 34.5 Å². The average molecular weight is 383 g/mol. The summed E-state index contributed by atoms with van der Waals surface area (Å²) in [6.45, 7) is 7.96. The van der Waals surface area contributed by atoms with Crippen LogP contribution >= 0.6 is 0 Å². The van der Waals surface area contributed by atoms with Gasteiger partial charge < -0.3 is 14.8 Å². The van der Waals surface area contributed by atoms with Gasteiger partial charge in [0, 0.05) is 19.6 Å². The summed E-state index contributed by atoms with van der Waals surface area (Å²) >= 11 is 0. The van der Waals surface area contributed by atoms with Crippen molar-refractivity contribution in [3.63, 3.8) is 0 Å². The molecule has 5 heteroatoms. The number of carbonyl (C=O) groups excluding carboxylic acids is 1. The van der Waals surface area contributed by atoms with Gasteiger partial charge in [0.15, 0.2) is 11.5 Å². The van der Waals surface area contributed by atoms with Crippen molar-refractivity contribution in [1.29, 1.82) is 0 Å². The Morgan fingerprint density at radius 1 is 1.04 bits per heavy atom. The van der Waals surface area contributed by atoms with Crippen molar-refractivity contribution in [3.8, 4) is 11.5 Å². The summed E-state index contributed by atoms with van der Waals surface area (Å²) < 4.78 is 11.3. The van der Waals surface area contributed by atoms with Crippen molar-refractivity contribution in [2.45, 2.75) is 33.2 Å². The van der Waals surface area contributed by atoms with E-state index in [1.165, 1.54) is 11.1 Å². The Morgan fingerprint density at radius 2 is 1.79 bits per heavy atom. The number of ether oxygens (including phenoxy) is 2. The molecule has 28 heavy (non-hydrogen) atoms. The molecule has 0 radical (unpaired) electrons. The van der Waals surface area contributed by atoms with Gasteiger partial charge in [0.25, 0.3) is 0 Å². The van der Waals surface area contributed by atoms with E-state index >= 15 is 0 Å². The lowest BCUT2D eigenvalue weighted by Crippen LogP contribution is -2.40. The van der Waals surface area contributed by atoms with E-state index in [0.717, 1.165) is 43.0 Å². The molecule has 0 aromatic heterocycles. The zero-order valence-electron chi connectivity index (χ0n) is 16.9. The molecule has 1 heterocycles. The van der Waals surface area contributed by atoms with Crippen LogP contribution in [0.15, 0.2) is 42.5 Å². The number of nitrogens with zero attached hydrogens (tertiary/aromatic N) is 1. The molecule has 0 atom stereocenters. The Bertz CT molecular complexity index is 791. The molecule has 0 fully saturated rings. The van der Waals surface area contributed by atoms with Crippen LogP contribution < -0.4 is 14.8 Å². The van der Waals surface area contributed by atoms with Gasteiger partial charge in [-0.2, -0.15) is 0 Å². The van der Waals surface area contributed by atoms with Gasteiger partial charge in [-0.1, -0.05) is 30.3 Å². The molecular formula is C23H30N2O3. The Kier molecular flexibility index (Phi) is 7.31. The second-order valence-electron chi connectivity index (χ2n) is 6.98. The van der Waals surface area contributed by atoms with Gasteiger partial charge in [0.2, 0.25) is 5.91 Å². The number of hydrogen-bond donors (Lipinski definition) is 1. The van der Waals surface area contributed by atoms with Crippen molar-refractivity contribution in [3.05, 3.63) is 59.2 Å². The largest absolute Gasteiger partial charge is 0.490 e. The third-order valence-corrected chi connectivity index (χ3v) is 4.92. The maximum atomic E-state index is 12.3. The maximum Gasteiger partial charge on any atom is 0.234 e. The zero-order valence-corrected chi connectivity index (χ0v) is 16.9. The molecule has 0 saturated carbocycles. The molecule has 1 N–H and O–H groups in total. The predicted octanol–water partition coefficient (Wildman–Crippen LogP) is 3.20. The fraction of sp³-hybridized carbons (Fsp3) is 0.435. The lowest BCUT2D eigenvalue weighted by atomic mass is 10.00. The minimum absolute atomic E-state index is 0.0790. The summed E-state index contributed by atoms with van der Waals surface area (Å²) in [7, 11) is 0. The highest BCUT2D eigenvalue weighted by molar-refractivity contribution is 5.78. The molecule has 150 valence electrons. The van der Waals surface area contributed by atoms with Crippen LogP contribution in [0.3, 0.4) is 0 Å². The van der Waals surface area contributed by atoms with Crippen molar-refractivity contribution in [1.82, 2.24) is 10.2 Å². The van der Waals surface area contributed by atoms with E-state index < -0.39 is 0 Å². The Morgan fingerprint density at radius 3 is 2.57 bits per heavy atom. The minimum atomic E-state index is 0.0790. The number of carbonyl (C=O) groups is 1. The van der Waals surface area contributed by atoms with E-state index in [0.29, 0.717) is 26.3 Å². The first kappa shape index (κ1) is 20.2. The van der Waals surface area contributed by atoms with E-state index in [-0.39, 0.29) is 5.91 Å². The standard InChI is InChI=1S/C23H30N2O3/c1-3-27-21-10-9-18(15-22(21)28-4-2)11-13-24-23(26)17-25-14-12-19-7-5-6-8-20(19)16-25/h5-10,15H,3-4,11-14,16-17H2,1-2H3,(H,24,26). The lowest BCUT2D eigenvalue weighted by molar-refractivity contribution is -0.122. The third kappa shape index (κ3) is 5.49. The number of nitrogens with one attached hydrogen (secondary N) is 1. The number of amides is 1. The lowest BCUT2D eigenvalue weighted by Gasteiger charge is -2.28. The summed E-state index contributed by atoms with van der Waals surface area (Å²) in [6, 6.07) is 14.5. The molecule has 2 aromatic rings. The molecular weight excluding hydrogens is 352 g/mol. The number of fused-ring (bicyclic) bond motifs is 1. The van der Waals surface area contributed by atoms with Crippen LogP contribution in [-0.2, 0) is 24.2 Å². The van der Waals surface area contributed by atoms with Crippen LogP contribution in [0.2, 0.25) is 0 Å². The van der Waals surface area contributed by atoms with Crippen LogP contribution in [0.5, 0.6) is 11.5 Å². The molecule has 0 spiro atoms. The van der Waals surface area contributed by atoms with Gasteiger partial charge in [0.05, 0.1) is 19.8 Å². The summed E-state index contributed by atoms with van der Waals surface area (Å²) in [5, 5.41) is 3.04. The smallest absolute Gasteiger partial charge is 0.234 e. The fourth-order valence-electron chi connectivity index (χ4n) is 3.55. The molecule has 1 aliphatic rings. The first-order valence-corrected chi connectivity index (χ1v) is 10.1. The van der Waals surface area contributed by atoms with Crippen LogP contribution in [0.25, 0.3) is 0 Å². The maximum absolute atomic E-state index is 12.3. The molecule has 2 aromatic carbocycles. The van der Waals surface area contributed by atoms with Gasteiger partial charge in [0.1, 0.15) is 0 Å². The molecule has 0 bridgehead atoms. The molecule has 0 saturated heterocycles. The normalized spacial score (nSPS) is 13.6. The van der Waals surface area contributed by atoms with E-state index in [1.54, 1.807) is 0 Å². The topological polar surface area (TPSA) is 50.8 Å². The van der Waals surface area contributed by atoms with Gasteiger partial charge in [-0.3, -0.25) is 9.69 Å². The van der Waals surface area contributed by atoms with Gasteiger partial charge in [-0.05, 0) is 55.5 Å². The zero-order chi connectivity index (χ0) is 19.8. The van der Waals surface area contributed by atoms with Crippen molar-refractivity contribution >= 4 is 5.91 Å². The average Bonchev–Trinajstić information content (AvgIpc) is 2.70. The highest BCUT2D eigenvalue weighted by Crippen LogP contribution is 2.28. The molecule has 3 rings (SSSR count). The molecule has 5 nitrogen and oxygen atoms in total. The van der Waals surface area contributed by atoms with Gasteiger partial charge in [-0.25, -0.2) is 0 Å². The molecule has 1 amide bonds. The molecule has 0 unspecified atom stereocenters. The van der Waals surface area contributed by atoms with E-state index in [4.69, 9.17) is 9.47 Å². The predicted molar refractivity (Wildman–Crippen MR) is 111 cm³/mol. The summed E-state index contributed by atoms with van der Waals surface area (Å²) in [4.78, 5) is 14.5. The van der Waals surface area contributed by atoms with Crippen molar-refractivity contribution < 1.29 is 14.3 Å². The summed E-state index contributed by atoms with van der Waals surface area (Å²) in [5.41, 5.74) is 3.86. The van der Waals surface area contributed by atoms with Crippen LogP contribution in [0, 0.1) is 0 Å². The first-order chi connectivity index (χ1) is 13.7.